The Bertz CT molecular complexity index is 308. The molecule has 2 rings (SSSR count). The van der Waals surface area contributed by atoms with Gasteiger partial charge in [0, 0.05) is 5.54 Å². The lowest BCUT2D eigenvalue weighted by Crippen LogP contribution is -2.53. The summed E-state index contributed by atoms with van der Waals surface area (Å²) in [4.78, 5) is 0. The highest BCUT2D eigenvalue weighted by Gasteiger charge is 2.40. The zero-order chi connectivity index (χ0) is 10.2. The number of nitrogens with one attached hydrogen (secondary N) is 2. The quantitative estimate of drug-likeness (QED) is 0.777. The Kier molecular flexibility index (Phi) is 4.03. The summed E-state index contributed by atoms with van der Waals surface area (Å²) < 4.78 is 26.3. The van der Waals surface area contributed by atoms with Gasteiger partial charge in [0.05, 0.1) is 5.25 Å². The number of sulfonamides is 1. The molecule has 6 heteroatoms. The van der Waals surface area contributed by atoms with E-state index in [1.165, 1.54) is 0 Å². The van der Waals surface area contributed by atoms with Crippen LogP contribution in [0.2, 0.25) is 0 Å². The second kappa shape index (κ2) is 4.57. The summed E-state index contributed by atoms with van der Waals surface area (Å²) >= 11 is 0. The van der Waals surface area contributed by atoms with Crippen LogP contribution in [0.15, 0.2) is 0 Å². The summed E-state index contributed by atoms with van der Waals surface area (Å²) in [5.74, 6) is 0. The first kappa shape index (κ1) is 13.2. The predicted octanol–water partition coefficient (Wildman–Crippen LogP) is 0.632. The summed E-state index contributed by atoms with van der Waals surface area (Å²) in [6.45, 7) is 3.82. The number of hydrogen-bond acceptors (Lipinski definition) is 3. The van der Waals surface area contributed by atoms with Crippen molar-refractivity contribution in [3.63, 3.8) is 0 Å². The van der Waals surface area contributed by atoms with Crippen LogP contribution in [-0.2, 0) is 10.0 Å². The minimum atomic E-state index is -3.02. The van der Waals surface area contributed by atoms with Crippen molar-refractivity contribution in [3.8, 4) is 0 Å². The van der Waals surface area contributed by atoms with Gasteiger partial charge in [-0.3, -0.25) is 0 Å². The van der Waals surface area contributed by atoms with E-state index in [9.17, 15) is 8.42 Å². The van der Waals surface area contributed by atoms with Crippen LogP contribution in [-0.4, -0.2) is 32.3 Å². The van der Waals surface area contributed by atoms with E-state index in [1.54, 1.807) is 0 Å². The second-order valence-electron chi connectivity index (χ2n) is 4.66. The summed E-state index contributed by atoms with van der Waals surface area (Å²) in [5, 5.41) is 3.13. The number of piperidine rings is 1. The van der Waals surface area contributed by atoms with Crippen molar-refractivity contribution < 1.29 is 8.42 Å². The van der Waals surface area contributed by atoms with Crippen molar-refractivity contribution >= 4 is 22.4 Å². The molecule has 1 heterocycles. The topological polar surface area (TPSA) is 58.2 Å². The molecule has 0 aromatic heterocycles. The third-order valence-corrected chi connectivity index (χ3v) is 5.19. The molecular formula is C9H19ClN2O2S. The maximum absolute atomic E-state index is 11.7. The van der Waals surface area contributed by atoms with Crippen LogP contribution in [0.5, 0.6) is 0 Å². The van der Waals surface area contributed by atoms with E-state index in [-0.39, 0.29) is 23.2 Å². The number of hydrogen-bond donors (Lipinski definition) is 2. The van der Waals surface area contributed by atoms with Crippen molar-refractivity contribution in [1.82, 2.24) is 10.0 Å². The first-order valence-electron chi connectivity index (χ1n) is 5.25. The molecule has 1 saturated carbocycles. The van der Waals surface area contributed by atoms with Gasteiger partial charge in [-0.2, -0.15) is 0 Å². The molecule has 1 saturated heterocycles. The minimum Gasteiger partial charge on any atom is -0.317 e. The van der Waals surface area contributed by atoms with Crippen molar-refractivity contribution in [1.29, 1.82) is 0 Å². The van der Waals surface area contributed by atoms with E-state index >= 15 is 0 Å². The number of halogens is 1. The molecule has 4 nitrogen and oxygen atoms in total. The first-order chi connectivity index (χ1) is 6.52. The molecule has 2 fully saturated rings. The van der Waals surface area contributed by atoms with Gasteiger partial charge in [-0.25, -0.2) is 13.1 Å². The van der Waals surface area contributed by atoms with E-state index in [2.05, 4.69) is 10.0 Å². The van der Waals surface area contributed by atoms with Crippen LogP contribution in [0, 0.1) is 0 Å². The fourth-order valence-corrected chi connectivity index (χ4v) is 3.70. The van der Waals surface area contributed by atoms with Gasteiger partial charge in [-0.1, -0.05) is 0 Å². The lowest BCUT2D eigenvalue weighted by atomic mass is 9.92. The Labute approximate surface area is 97.7 Å². The van der Waals surface area contributed by atoms with E-state index in [4.69, 9.17) is 0 Å². The Morgan fingerprint density at radius 3 is 2.27 bits per heavy atom. The maximum atomic E-state index is 11.7. The third-order valence-electron chi connectivity index (χ3n) is 3.06. The van der Waals surface area contributed by atoms with Crippen LogP contribution < -0.4 is 10.0 Å². The molecule has 0 unspecified atom stereocenters. The Balaban J connectivity index is 0.00000112. The Hall–Kier alpha value is 0.160. The van der Waals surface area contributed by atoms with E-state index in [0.29, 0.717) is 0 Å². The van der Waals surface area contributed by atoms with Gasteiger partial charge in [-0.05, 0) is 45.7 Å². The highest BCUT2D eigenvalue weighted by molar-refractivity contribution is 7.90. The Morgan fingerprint density at radius 1 is 1.27 bits per heavy atom. The minimum absolute atomic E-state index is 0. The predicted molar refractivity (Wildman–Crippen MR) is 62.8 cm³/mol. The molecule has 0 radical (unpaired) electrons. The first-order valence-corrected chi connectivity index (χ1v) is 6.80. The van der Waals surface area contributed by atoms with E-state index < -0.39 is 10.0 Å². The molecule has 0 aromatic rings. The van der Waals surface area contributed by atoms with Gasteiger partial charge in [0.2, 0.25) is 10.0 Å². The molecule has 1 aliphatic carbocycles. The van der Waals surface area contributed by atoms with Crippen LogP contribution >= 0.6 is 12.4 Å². The average molecular weight is 255 g/mol. The average Bonchev–Trinajstić information content (AvgIpc) is 2.84. The molecule has 2 N–H and O–H groups in total. The second-order valence-corrected chi connectivity index (χ2v) is 6.62. The normalized spacial score (nSPS) is 25.7. The monoisotopic (exact) mass is 254 g/mol. The molecule has 15 heavy (non-hydrogen) atoms. The lowest BCUT2D eigenvalue weighted by molar-refractivity contribution is 0.307. The molecule has 0 atom stereocenters. The summed E-state index contributed by atoms with van der Waals surface area (Å²) in [5.41, 5.74) is -0.216. The van der Waals surface area contributed by atoms with Crippen molar-refractivity contribution in [2.45, 2.75) is 43.4 Å². The summed E-state index contributed by atoms with van der Waals surface area (Å²) in [6.07, 6.45) is 3.45. The molecule has 90 valence electrons. The fraction of sp³-hybridized carbons (Fsp3) is 1.00. The molecule has 2 aliphatic rings. The zero-order valence-corrected chi connectivity index (χ0v) is 10.6. The van der Waals surface area contributed by atoms with E-state index in [1.807, 2.05) is 6.92 Å². The highest BCUT2D eigenvalue weighted by atomic mass is 35.5. The van der Waals surface area contributed by atoms with Gasteiger partial charge in [-0.15, -0.1) is 12.4 Å². The van der Waals surface area contributed by atoms with Gasteiger partial charge >= 0.3 is 0 Å². The van der Waals surface area contributed by atoms with E-state index in [0.717, 1.165) is 38.8 Å². The van der Waals surface area contributed by atoms with Crippen LogP contribution in [0.1, 0.15) is 32.6 Å². The van der Waals surface area contributed by atoms with Gasteiger partial charge in [0.25, 0.3) is 0 Å². The SMILES string of the molecule is CC1(NS(=O)(=O)C2CC2)CCNCC1.Cl. The molecular weight excluding hydrogens is 236 g/mol. The lowest BCUT2D eigenvalue weighted by Gasteiger charge is -2.34. The zero-order valence-electron chi connectivity index (χ0n) is 8.95. The molecule has 0 spiro atoms. The summed E-state index contributed by atoms with van der Waals surface area (Å²) in [7, 11) is -3.02. The van der Waals surface area contributed by atoms with Crippen molar-refractivity contribution in [2.24, 2.45) is 0 Å². The fourth-order valence-electron chi connectivity index (χ4n) is 1.89. The van der Waals surface area contributed by atoms with Crippen LogP contribution in [0.4, 0.5) is 0 Å². The van der Waals surface area contributed by atoms with Crippen molar-refractivity contribution in [2.75, 3.05) is 13.1 Å². The number of rotatable bonds is 3. The van der Waals surface area contributed by atoms with Crippen LogP contribution in [0.25, 0.3) is 0 Å². The summed E-state index contributed by atoms with van der Waals surface area (Å²) in [6, 6.07) is 0. The highest BCUT2D eigenvalue weighted by Crippen LogP contribution is 2.30. The smallest absolute Gasteiger partial charge is 0.214 e. The third kappa shape index (κ3) is 3.31. The van der Waals surface area contributed by atoms with Crippen molar-refractivity contribution in [3.05, 3.63) is 0 Å². The molecule has 1 aliphatic heterocycles. The van der Waals surface area contributed by atoms with Gasteiger partial charge in [0.15, 0.2) is 0 Å². The largest absolute Gasteiger partial charge is 0.317 e. The van der Waals surface area contributed by atoms with Crippen LogP contribution in [0.3, 0.4) is 0 Å². The Morgan fingerprint density at radius 2 is 1.80 bits per heavy atom. The standard InChI is InChI=1S/C9H18N2O2S.ClH/c1-9(4-6-10-7-5-9)11-14(12,13)8-2-3-8;/h8,10-11H,2-7H2,1H3;1H. The van der Waals surface area contributed by atoms with Gasteiger partial charge in [0.1, 0.15) is 0 Å². The molecule has 0 amide bonds. The van der Waals surface area contributed by atoms with Gasteiger partial charge < -0.3 is 5.32 Å². The maximum Gasteiger partial charge on any atom is 0.214 e. The molecule has 0 bridgehead atoms. The molecule has 0 aromatic carbocycles.